The predicted molar refractivity (Wildman–Crippen MR) is 106 cm³/mol. The van der Waals surface area contributed by atoms with Gasteiger partial charge in [0.1, 0.15) is 5.75 Å². The molecule has 1 aliphatic carbocycles. The van der Waals surface area contributed by atoms with E-state index in [1.165, 1.54) is 14.2 Å². The minimum Gasteiger partial charge on any atom is -0.497 e. The topological polar surface area (TPSA) is 61.8 Å². The molecule has 0 heterocycles. The second-order valence-corrected chi connectivity index (χ2v) is 7.00. The second-order valence-electron chi connectivity index (χ2n) is 6.56. The van der Waals surface area contributed by atoms with Gasteiger partial charge in [-0.1, -0.05) is 41.9 Å². The Balaban J connectivity index is 2.15. The zero-order valence-corrected chi connectivity index (χ0v) is 16.7. The number of ether oxygens (including phenoxy) is 3. The Kier molecular flexibility index (Phi) is 5.75. The molecule has 28 heavy (non-hydrogen) atoms. The molecule has 0 saturated carbocycles. The maximum atomic E-state index is 12.9. The van der Waals surface area contributed by atoms with Crippen LogP contribution in [0.2, 0.25) is 5.02 Å². The van der Waals surface area contributed by atoms with E-state index in [0.717, 1.165) is 11.1 Å². The van der Waals surface area contributed by atoms with Crippen molar-refractivity contribution < 1.29 is 23.8 Å². The molecule has 0 radical (unpaired) electrons. The third-order valence-electron chi connectivity index (χ3n) is 5.12. The average molecular weight is 401 g/mol. The van der Waals surface area contributed by atoms with Crippen LogP contribution >= 0.6 is 11.6 Å². The average Bonchev–Trinajstić information content (AvgIpc) is 3.15. The summed E-state index contributed by atoms with van der Waals surface area (Å²) in [5.74, 6) is -0.776. The Morgan fingerprint density at radius 1 is 0.929 bits per heavy atom. The molecule has 1 atom stereocenters. The summed E-state index contributed by atoms with van der Waals surface area (Å²) in [6.45, 7) is 0. The molecule has 0 N–H and O–H groups in total. The molecule has 2 aromatic rings. The van der Waals surface area contributed by atoms with E-state index in [9.17, 15) is 9.59 Å². The van der Waals surface area contributed by atoms with Crippen LogP contribution in [0.1, 0.15) is 23.5 Å². The van der Waals surface area contributed by atoms with Crippen LogP contribution in [0.15, 0.2) is 54.6 Å². The first kappa shape index (κ1) is 20.0. The summed E-state index contributed by atoms with van der Waals surface area (Å²) in [5, 5.41) is 0.619. The maximum Gasteiger partial charge on any atom is 0.327 e. The number of benzene rings is 2. The van der Waals surface area contributed by atoms with Crippen molar-refractivity contribution in [3.8, 4) is 5.75 Å². The molecular formula is C22H21ClO5. The Labute approximate surface area is 168 Å². The number of esters is 2. The van der Waals surface area contributed by atoms with Crippen molar-refractivity contribution in [1.29, 1.82) is 0 Å². The Morgan fingerprint density at radius 2 is 1.50 bits per heavy atom. The summed E-state index contributed by atoms with van der Waals surface area (Å²) in [6, 6.07) is 14.5. The van der Waals surface area contributed by atoms with Crippen molar-refractivity contribution in [3.05, 3.63) is 70.8 Å². The maximum absolute atomic E-state index is 12.9. The van der Waals surface area contributed by atoms with Crippen molar-refractivity contribution in [2.75, 3.05) is 21.3 Å². The van der Waals surface area contributed by atoms with Crippen LogP contribution in [0.5, 0.6) is 5.75 Å². The molecule has 146 valence electrons. The van der Waals surface area contributed by atoms with Crippen LogP contribution in [-0.2, 0) is 19.1 Å². The molecular weight excluding hydrogens is 380 g/mol. The quantitative estimate of drug-likeness (QED) is 0.554. The van der Waals surface area contributed by atoms with Gasteiger partial charge in [0, 0.05) is 10.9 Å². The number of carbonyl (C=O) groups is 2. The van der Waals surface area contributed by atoms with Crippen molar-refractivity contribution in [2.24, 2.45) is 5.41 Å². The first-order valence-electron chi connectivity index (χ1n) is 8.75. The number of rotatable bonds is 5. The highest BCUT2D eigenvalue weighted by molar-refractivity contribution is 6.30. The number of hydrogen-bond acceptors (Lipinski definition) is 5. The molecule has 0 fully saturated rings. The molecule has 0 bridgehead atoms. The molecule has 1 aliphatic rings. The smallest absolute Gasteiger partial charge is 0.327 e. The van der Waals surface area contributed by atoms with Crippen molar-refractivity contribution >= 4 is 29.1 Å². The van der Waals surface area contributed by atoms with Crippen LogP contribution in [0.3, 0.4) is 0 Å². The van der Waals surface area contributed by atoms with Gasteiger partial charge in [-0.05, 0) is 47.4 Å². The normalized spacial score (nSPS) is 17.6. The monoisotopic (exact) mass is 400 g/mol. The molecule has 6 heteroatoms. The fourth-order valence-corrected chi connectivity index (χ4v) is 3.82. The molecule has 0 aromatic heterocycles. The summed E-state index contributed by atoms with van der Waals surface area (Å²) < 4.78 is 15.3. The predicted octanol–water partition coefficient (Wildman–Crippen LogP) is 4.25. The van der Waals surface area contributed by atoms with E-state index in [1.54, 1.807) is 31.4 Å². The fraction of sp³-hybridized carbons (Fsp3) is 0.273. The van der Waals surface area contributed by atoms with Gasteiger partial charge >= 0.3 is 11.9 Å². The van der Waals surface area contributed by atoms with E-state index in [4.69, 9.17) is 25.8 Å². The zero-order chi connectivity index (χ0) is 20.3. The molecule has 1 unspecified atom stereocenters. The SMILES string of the molecule is COC(=O)C1(C(=O)OC)CC(c2ccc(Cl)cc2)C=C1c1ccc(OC)cc1. The molecule has 3 rings (SSSR count). The van der Waals surface area contributed by atoms with Crippen molar-refractivity contribution in [3.63, 3.8) is 0 Å². The van der Waals surface area contributed by atoms with Gasteiger partial charge in [-0.2, -0.15) is 0 Å². The zero-order valence-electron chi connectivity index (χ0n) is 15.9. The minimum atomic E-state index is -1.54. The Morgan fingerprint density at radius 3 is 2.00 bits per heavy atom. The largest absolute Gasteiger partial charge is 0.497 e. The van der Waals surface area contributed by atoms with E-state index in [-0.39, 0.29) is 12.3 Å². The highest BCUT2D eigenvalue weighted by Crippen LogP contribution is 2.52. The van der Waals surface area contributed by atoms with Gasteiger partial charge in [-0.15, -0.1) is 0 Å². The summed E-state index contributed by atoms with van der Waals surface area (Å²) in [4.78, 5) is 25.7. The molecule has 0 aliphatic heterocycles. The lowest BCUT2D eigenvalue weighted by Gasteiger charge is -2.27. The van der Waals surface area contributed by atoms with Crippen molar-refractivity contribution in [1.82, 2.24) is 0 Å². The Bertz CT molecular complexity index is 884. The number of carbonyl (C=O) groups excluding carboxylic acids is 2. The lowest BCUT2D eigenvalue weighted by molar-refractivity contribution is -0.164. The lowest BCUT2D eigenvalue weighted by atomic mass is 9.76. The van der Waals surface area contributed by atoms with Gasteiger partial charge in [-0.3, -0.25) is 9.59 Å². The van der Waals surface area contributed by atoms with E-state index < -0.39 is 17.4 Å². The third kappa shape index (κ3) is 3.38. The van der Waals surface area contributed by atoms with Crippen LogP contribution in [0, 0.1) is 5.41 Å². The molecule has 0 amide bonds. The van der Waals surface area contributed by atoms with E-state index in [2.05, 4.69) is 0 Å². The van der Waals surface area contributed by atoms with Crippen LogP contribution in [0.4, 0.5) is 0 Å². The standard InChI is InChI=1S/C22H21ClO5/c1-26-18-10-6-15(7-11-18)19-12-16(14-4-8-17(23)9-5-14)13-22(19,20(24)27-2)21(25)28-3/h4-12,16H,13H2,1-3H3. The highest BCUT2D eigenvalue weighted by Gasteiger charge is 2.56. The molecule has 0 spiro atoms. The van der Waals surface area contributed by atoms with Gasteiger partial charge in [0.05, 0.1) is 21.3 Å². The summed E-state index contributed by atoms with van der Waals surface area (Å²) in [6.07, 6.45) is 2.15. The Hall–Kier alpha value is -2.79. The van der Waals surface area contributed by atoms with Gasteiger partial charge in [0.15, 0.2) is 5.41 Å². The van der Waals surface area contributed by atoms with Crippen LogP contribution < -0.4 is 4.74 Å². The highest BCUT2D eigenvalue weighted by atomic mass is 35.5. The first-order valence-corrected chi connectivity index (χ1v) is 9.13. The summed E-state index contributed by atoms with van der Waals surface area (Å²) in [7, 11) is 4.12. The molecule has 2 aromatic carbocycles. The third-order valence-corrected chi connectivity index (χ3v) is 5.37. The molecule has 0 saturated heterocycles. The lowest BCUT2D eigenvalue weighted by Crippen LogP contribution is -2.41. The van der Waals surface area contributed by atoms with Gasteiger partial charge in [-0.25, -0.2) is 0 Å². The van der Waals surface area contributed by atoms with Crippen molar-refractivity contribution in [2.45, 2.75) is 12.3 Å². The van der Waals surface area contributed by atoms with Crippen LogP contribution in [0.25, 0.3) is 5.57 Å². The molecule has 5 nitrogen and oxygen atoms in total. The number of methoxy groups -OCH3 is 3. The van der Waals surface area contributed by atoms with Crippen LogP contribution in [-0.4, -0.2) is 33.3 Å². The van der Waals surface area contributed by atoms with Gasteiger partial charge < -0.3 is 14.2 Å². The van der Waals surface area contributed by atoms with E-state index >= 15 is 0 Å². The van der Waals surface area contributed by atoms with E-state index in [0.29, 0.717) is 16.3 Å². The summed E-state index contributed by atoms with van der Waals surface area (Å²) >= 11 is 6.00. The van der Waals surface area contributed by atoms with Gasteiger partial charge in [0.2, 0.25) is 0 Å². The number of allylic oxidation sites excluding steroid dienone is 1. The van der Waals surface area contributed by atoms with E-state index in [1.807, 2.05) is 30.3 Å². The summed E-state index contributed by atoms with van der Waals surface area (Å²) in [5.41, 5.74) is 0.703. The minimum absolute atomic E-state index is 0.174. The fourth-order valence-electron chi connectivity index (χ4n) is 3.70. The van der Waals surface area contributed by atoms with Gasteiger partial charge in [0.25, 0.3) is 0 Å². The number of halogens is 1. The second kappa shape index (κ2) is 8.07. The first-order chi connectivity index (χ1) is 13.5. The number of hydrogen-bond donors (Lipinski definition) is 0.